The number of aromatic amines is 1. The van der Waals surface area contributed by atoms with Gasteiger partial charge in [0.2, 0.25) is 0 Å². The Kier molecular flexibility index (Phi) is 1.72. The molecule has 0 radical (unpaired) electrons. The number of nitrogens with one attached hydrogen (secondary N) is 1. The van der Waals surface area contributed by atoms with E-state index in [9.17, 15) is 4.79 Å². The largest absolute Gasteiger partial charge is 0.313 e. The smallest absolute Gasteiger partial charge is 0.260 e. The Labute approximate surface area is 88.8 Å². The van der Waals surface area contributed by atoms with Crippen molar-refractivity contribution in [1.82, 2.24) is 14.5 Å². The number of H-pyrrole nitrogens is 1. The highest BCUT2D eigenvalue weighted by Crippen LogP contribution is 2.17. The van der Waals surface area contributed by atoms with Gasteiger partial charge in [0.1, 0.15) is 0 Å². The van der Waals surface area contributed by atoms with Crippen molar-refractivity contribution < 1.29 is 0 Å². The molecule has 0 aromatic carbocycles. The van der Waals surface area contributed by atoms with Crippen molar-refractivity contribution >= 4 is 22.4 Å². The normalized spacial score (nSPS) is 10.9. The summed E-state index contributed by atoms with van der Waals surface area (Å²) in [6.07, 6.45) is 3.28. The number of hydrogen-bond donors (Lipinski definition) is 1. The van der Waals surface area contributed by atoms with E-state index >= 15 is 0 Å². The fraction of sp³-hybridized carbons (Fsp3) is 0. The molecule has 3 aromatic heterocycles. The number of thiophene rings is 1. The first kappa shape index (κ1) is 8.43. The van der Waals surface area contributed by atoms with Gasteiger partial charge < -0.3 is 9.55 Å². The van der Waals surface area contributed by atoms with Crippen LogP contribution in [0.2, 0.25) is 0 Å². The van der Waals surface area contributed by atoms with Crippen LogP contribution in [0, 0.1) is 0 Å². The standard InChI is InChI=1S/C10H7N3OS/c14-10-8-1-3-13(7-2-4-15-5-7)9(8)11-6-12-10/h1-6H,(H,11,12,14). The highest BCUT2D eigenvalue weighted by molar-refractivity contribution is 7.08. The minimum atomic E-state index is -0.103. The fourth-order valence-electron chi connectivity index (χ4n) is 1.57. The van der Waals surface area contributed by atoms with Crippen LogP contribution in [0.3, 0.4) is 0 Å². The van der Waals surface area contributed by atoms with E-state index in [-0.39, 0.29) is 5.56 Å². The van der Waals surface area contributed by atoms with E-state index in [4.69, 9.17) is 0 Å². The molecular formula is C10H7N3OS. The molecular weight excluding hydrogens is 210 g/mol. The summed E-state index contributed by atoms with van der Waals surface area (Å²) >= 11 is 1.62. The van der Waals surface area contributed by atoms with Crippen LogP contribution in [-0.2, 0) is 0 Å². The molecule has 3 heterocycles. The zero-order valence-electron chi connectivity index (χ0n) is 7.68. The lowest BCUT2D eigenvalue weighted by atomic mass is 10.4. The molecule has 0 unspecified atom stereocenters. The van der Waals surface area contributed by atoms with E-state index in [1.165, 1.54) is 6.33 Å². The highest BCUT2D eigenvalue weighted by Gasteiger charge is 2.06. The number of fused-ring (bicyclic) bond motifs is 1. The first-order chi connectivity index (χ1) is 7.36. The zero-order chi connectivity index (χ0) is 10.3. The summed E-state index contributed by atoms with van der Waals surface area (Å²) in [5.41, 5.74) is 1.62. The van der Waals surface area contributed by atoms with Crippen LogP contribution >= 0.6 is 11.3 Å². The van der Waals surface area contributed by atoms with Crippen LogP contribution in [0.5, 0.6) is 0 Å². The summed E-state index contributed by atoms with van der Waals surface area (Å²) in [6, 6.07) is 3.77. The molecule has 5 heteroatoms. The van der Waals surface area contributed by atoms with Crippen molar-refractivity contribution in [2.24, 2.45) is 0 Å². The molecule has 3 rings (SSSR count). The quantitative estimate of drug-likeness (QED) is 0.675. The molecule has 4 nitrogen and oxygen atoms in total. The van der Waals surface area contributed by atoms with Crippen LogP contribution in [0.25, 0.3) is 16.7 Å². The van der Waals surface area contributed by atoms with E-state index in [1.807, 2.05) is 27.6 Å². The molecule has 0 spiro atoms. The van der Waals surface area contributed by atoms with Gasteiger partial charge in [0, 0.05) is 11.6 Å². The molecule has 0 aliphatic rings. The number of aromatic nitrogens is 3. The van der Waals surface area contributed by atoms with Gasteiger partial charge in [-0.15, -0.1) is 0 Å². The van der Waals surface area contributed by atoms with Crippen LogP contribution < -0.4 is 5.56 Å². The summed E-state index contributed by atoms with van der Waals surface area (Å²) < 4.78 is 1.90. The Morgan fingerprint density at radius 3 is 3.13 bits per heavy atom. The average Bonchev–Trinajstić information content (AvgIpc) is 2.85. The maximum atomic E-state index is 11.5. The molecule has 1 N–H and O–H groups in total. The van der Waals surface area contributed by atoms with Gasteiger partial charge in [-0.3, -0.25) is 4.79 Å². The van der Waals surface area contributed by atoms with E-state index in [0.717, 1.165) is 5.69 Å². The Morgan fingerprint density at radius 2 is 2.33 bits per heavy atom. The van der Waals surface area contributed by atoms with Crippen molar-refractivity contribution in [1.29, 1.82) is 0 Å². The van der Waals surface area contributed by atoms with E-state index in [0.29, 0.717) is 11.0 Å². The Bertz CT molecular complexity index is 651. The summed E-state index contributed by atoms with van der Waals surface area (Å²) in [4.78, 5) is 18.2. The lowest BCUT2D eigenvalue weighted by molar-refractivity contribution is 1.07. The van der Waals surface area contributed by atoms with E-state index < -0.39 is 0 Å². The first-order valence-corrected chi connectivity index (χ1v) is 5.38. The van der Waals surface area contributed by atoms with E-state index in [1.54, 1.807) is 17.4 Å². The second kappa shape index (κ2) is 3.06. The van der Waals surface area contributed by atoms with Crippen molar-refractivity contribution in [3.63, 3.8) is 0 Å². The molecule has 0 aliphatic carbocycles. The molecule has 74 valence electrons. The van der Waals surface area contributed by atoms with E-state index in [2.05, 4.69) is 9.97 Å². The molecule has 15 heavy (non-hydrogen) atoms. The molecule has 0 saturated heterocycles. The third kappa shape index (κ3) is 1.20. The number of nitrogens with zero attached hydrogens (tertiary/aromatic N) is 2. The maximum absolute atomic E-state index is 11.5. The Balaban J connectivity index is 2.39. The van der Waals surface area contributed by atoms with Crippen LogP contribution in [-0.4, -0.2) is 14.5 Å². The SMILES string of the molecule is O=c1[nH]cnc2c1ccn2-c1ccsc1. The van der Waals surface area contributed by atoms with Gasteiger partial charge in [0.25, 0.3) is 5.56 Å². The molecule has 3 aromatic rings. The number of hydrogen-bond acceptors (Lipinski definition) is 3. The Morgan fingerprint density at radius 1 is 1.40 bits per heavy atom. The van der Waals surface area contributed by atoms with Gasteiger partial charge in [-0.2, -0.15) is 11.3 Å². The first-order valence-electron chi connectivity index (χ1n) is 4.43. The van der Waals surface area contributed by atoms with Crippen LogP contribution in [0.15, 0.2) is 40.2 Å². The van der Waals surface area contributed by atoms with Crippen molar-refractivity contribution in [2.75, 3.05) is 0 Å². The van der Waals surface area contributed by atoms with Crippen molar-refractivity contribution in [3.8, 4) is 5.69 Å². The summed E-state index contributed by atoms with van der Waals surface area (Å²) in [5.74, 6) is 0. The van der Waals surface area contributed by atoms with Crippen molar-refractivity contribution in [2.45, 2.75) is 0 Å². The summed E-state index contributed by atoms with van der Waals surface area (Å²) in [6.45, 7) is 0. The van der Waals surface area contributed by atoms with Crippen LogP contribution in [0.4, 0.5) is 0 Å². The second-order valence-corrected chi connectivity index (χ2v) is 3.92. The van der Waals surface area contributed by atoms with Gasteiger partial charge in [-0.1, -0.05) is 0 Å². The lowest BCUT2D eigenvalue weighted by Gasteiger charge is -1.99. The van der Waals surface area contributed by atoms with Gasteiger partial charge in [0.05, 0.1) is 17.4 Å². The second-order valence-electron chi connectivity index (χ2n) is 3.14. The highest BCUT2D eigenvalue weighted by atomic mass is 32.1. The predicted molar refractivity (Wildman–Crippen MR) is 59.6 cm³/mol. The van der Waals surface area contributed by atoms with Gasteiger partial charge in [0.15, 0.2) is 5.65 Å². The summed E-state index contributed by atoms with van der Waals surface area (Å²) in [5, 5.41) is 4.63. The van der Waals surface area contributed by atoms with Gasteiger partial charge in [-0.25, -0.2) is 4.98 Å². The van der Waals surface area contributed by atoms with Gasteiger partial charge >= 0.3 is 0 Å². The van der Waals surface area contributed by atoms with Crippen LogP contribution in [0.1, 0.15) is 0 Å². The predicted octanol–water partition coefficient (Wildman–Crippen LogP) is 1.78. The monoisotopic (exact) mass is 217 g/mol. The van der Waals surface area contributed by atoms with Gasteiger partial charge in [-0.05, 0) is 17.5 Å². The maximum Gasteiger partial charge on any atom is 0.260 e. The zero-order valence-corrected chi connectivity index (χ0v) is 8.49. The molecule has 0 atom stereocenters. The molecule has 0 amide bonds. The molecule has 0 fully saturated rings. The third-order valence-corrected chi connectivity index (χ3v) is 2.94. The van der Waals surface area contributed by atoms with Crippen molar-refractivity contribution in [3.05, 3.63) is 45.8 Å². The summed E-state index contributed by atoms with van der Waals surface area (Å²) in [7, 11) is 0. The molecule has 0 saturated carbocycles. The molecule has 0 aliphatic heterocycles. The third-order valence-electron chi connectivity index (χ3n) is 2.27. The molecule has 0 bridgehead atoms. The lowest BCUT2D eigenvalue weighted by Crippen LogP contribution is -2.05. The average molecular weight is 217 g/mol. The number of rotatable bonds is 1. The minimum absolute atomic E-state index is 0.103. The Hall–Kier alpha value is -1.88. The minimum Gasteiger partial charge on any atom is -0.313 e. The fourth-order valence-corrected chi connectivity index (χ4v) is 2.19. The topological polar surface area (TPSA) is 50.7 Å².